The van der Waals surface area contributed by atoms with Crippen molar-refractivity contribution in [2.24, 2.45) is 5.92 Å². The number of aromatic nitrogens is 1. The number of fused-ring (bicyclic) bond motifs is 1. The maximum atomic E-state index is 13.9. The van der Waals surface area contributed by atoms with Crippen molar-refractivity contribution in [2.75, 3.05) is 13.1 Å². The standard InChI is InChI=1S/C27H31ClN2O3/c28-24-10-2-1-8-20(24)13-14-23(21-9-4-11-25-22(21)15-16-29-25)27(33)30-17-5-7-19(18-30)6-3-12-26(31)32/h1-2,4,8-11,15-16,19,23,29H,3,5-7,12-14,17-18H2,(H,31,32). The molecule has 3 aromatic rings. The molecule has 2 unspecified atom stereocenters. The van der Waals surface area contributed by atoms with Gasteiger partial charge in [0.15, 0.2) is 0 Å². The van der Waals surface area contributed by atoms with Gasteiger partial charge in [-0.2, -0.15) is 0 Å². The molecular weight excluding hydrogens is 436 g/mol. The van der Waals surface area contributed by atoms with E-state index in [0.29, 0.717) is 25.3 Å². The zero-order valence-electron chi connectivity index (χ0n) is 18.8. The molecule has 0 saturated carbocycles. The van der Waals surface area contributed by atoms with Gasteiger partial charge in [-0.05, 0) is 73.8 Å². The van der Waals surface area contributed by atoms with Crippen molar-refractivity contribution in [3.63, 3.8) is 0 Å². The van der Waals surface area contributed by atoms with Crippen LogP contribution in [0.25, 0.3) is 10.9 Å². The summed E-state index contributed by atoms with van der Waals surface area (Å²) in [5.41, 5.74) is 3.15. The van der Waals surface area contributed by atoms with Crippen molar-refractivity contribution in [3.05, 3.63) is 70.9 Å². The van der Waals surface area contributed by atoms with E-state index in [1.54, 1.807) is 0 Å². The van der Waals surface area contributed by atoms with Crippen LogP contribution in [-0.4, -0.2) is 40.0 Å². The molecule has 1 aliphatic rings. The molecule has 1 aliphatic heterocycles. The Morgan fingerprint density at radius 3 is 2.82 bits per heavy atom. The monoisotopic (exact) mass is 466 g/mol. The zero-order valence-corrected chi connectivity index (χ0v) is 19.6. The van der Waals surface area contributed by atoms with E-state index in [1.165, 1.54) is 0 Å². The topological polar surface area (TPSA) is 73.4 Å². The summed E-state index contributed by atoms with van der Waals surface area (Å²) in [5, 5.41) is 10.8. The molecule has 0 radical (unpaired) electrons. The van der Waals surface area contributed by atoms with Gasteiger partial charge in [-0.15, -0.1) is 0 Å². The number of benzene rings is 2. The van der Waals surface area contributed by atoms with Crippen LogP contribution in [0.15, 0.2) is 54.7 Å². The van der Waals surface area contributed by atoms with Gasteiger partial charge < -0.3 is 15.0 Å². The van der Waals surface area contributed by atoms with Crippen LogP contribution in [0.4, 0.5) is 0 Å². The number of carboxylic acid groups (broad SMARTS) is 1. The number of carbonyl (C=O) groups excluding carboxylic acids is 1. The fourth-order valence-corrected chi connectivity index (χ4v) is 5.32. The summed E-state index contributed by atoms with van der Waals surface area (Å²) in [6.07, 6.45) is 7.08. The second-order valence-electron chi connectivity index (χ2n) is 9.05. The molecule has 2 atom stereocenters. The van der Waals surface area contributed by atoms with Crippen LogP contribution in [-0.2, 0) is 16.0 Å². The van der Waals surface area contributed by atoms with Crippen molar-refractivity contribution in [2.45, 2.75) is 50.9 Å². The molecule has 1 fully saturated rings. The van der Waals surface area contributed by atoms with E-state index in [1.807, 2.05) is 53.6 Å². The van der Waals surface area contributed by atoms with Gasteiger partial charge in [-0.3, -0.25) is 9.59 Å². The number of H-pyrrole nitrogens is 1. The number of likely N-dealkylation sites (tertiary alicyclic amines) is 1. The Bertz CT molecular complexity index is 1110. The Morgan fingerprint density at radius 2 is 2.00 bits per heavy atom. The predicted molar refractivity (Wildman–Crippen MR) is 132 cm³/mol. The number of carboxylic acids is 1. The molecule has 1 aromatic heterocycles. The SMILES string of the molecule is O=C(O)CCCC1CCCN(C(=O)C(CCc2ccccc2Cl)c2cccc3[nH]ccc23)C1. The Kier molecular flexibility index (Phi) is 7.71. The summed E-state index contributed by atoms with van der Waals surface area (Å²) in [4.78, 5) is 30.0. The van der Waals surface area contributed by atoms with Gasteiger partial charge in [-0.25, -0.2) is 0 Å². The van der Waals surface area contributed by atoms with Gasteiger partial charge >= 0.3 is 5.97 Å². The highest BCUT2D eigenvalue weighted by Gasteiger charge is 2.31. The summed E-state index contributed by atoms with van der Waals surface area (Å²) >= 11 is 6.41. The number of hydrogen-bond donors (Lipinski definition) is 2. The molecule has 0 aliphatic carbocycles. The number of nitrogens with zero attached hydrogens (tertiary/aromatic N) is 1. The Labute approximate surface area is 199 Å². The second-order valence-corrected chi connectivity index (χ2v) is 9.45. The van der Waals surface area contributed by atoms with Crippen LogP contribution in [0.5, 0.6) is 0 Å². The highest BCUT2D eigenvalue weighted by atomic mass is 35.5. The third kappa shape index (κ3) is 5.77. The van der Waals surface area contributed by atoms with Gasteiger partial charge in [0.2, 0.25) is 5.91 Å². The minimum atomic E-state index is -0.752. The van der Waals surface area contributed by atoms with Crippen LogP contribution in [0.2, 0.25) is 5.02 Å². The highest BCUT2D eigenvalue weighted by molar-refractivity contribution is 6.31. The summed E-state index contributed by atoms with van der Waals surface area (Å²) in [6.45, 7) is 1.48. The Balaban J connectivity index is 1.54. The largest absolute Gasteiger partial charge is 0.481 e. The molecule has 0 bridgehead atoms. The van der Waals surface area contributed by atoms with Crippen molar-refractivity contribution in [3.8, 4) is 0 Å². The molecule has 2 heterocycles. The minimum Gasteiger partial charge on any atom is -0.481 e. The van der Waals surface area contributed by atoms with Crippen molar-refractivity contribution < 1.29 is 14.7 Å². The maximum Gasteiger partial charge on any atom is 0.303 e. The van der Waals surface area contributed by atoms with Crippen LogP contribution in [0, 0.1) is 5.92 Å². The molecule has 2 N–H and O–H groups in total. The molecule has 174 valence electrons. The molecule has 1 amide bonds. The number of piperidine rings is 1. The van der Waals surface area contributed by atoms with Crippen LogP contribution in [0.3, 0.4) is 0 Å². The number of halogens is 1. The van der Waals surface area contributed by atoms with Crippen molar-refractivity contribution in [1.29, 1.82) is 0 Å². The molecule has 1 saturated heterocycles. The van der Waals surface area contributed by atoms with E-state index in [-0.39, 0.29) is 18.2 Å². The lowest BCUT2D eigenvalue weighted by Gasteiger charge is -2.35. The highest BCUT2D eigenvalue weighted by Crippen LogP contribution is 2.33. The first-order valence-electron chi connectivity index (χ1n) is 11.8. The number of aliphatic carboxylic acids is 1. The van der Waals surface area contributed by atoms with E-state index in [4.69, 9.17) is 16.7 Å². The summed E-state index contributed by atoms with van der Waals surface area (Å²) in [7, 11) is 0. The average molecular weight is 467 g/mol. The van der Waals surface area contributed by atoms with Gasteiger partial charge in [0, 0.05) is 41.6 Å². The second kappa shape index (κ2) is 10.9. The molecule has 2 aromatic carbocycles. The third-order valence-electron chi connectivity index (χ3n) is 6.80. The first-order valence-corrected chi connectivity index (χ1v) is 12.2. The molecule has 33 heavy (non-hydrogen) atoms. The number of aromatic amines is 1. The predicted octanol–water partition coefficient (Wildman–Crippen LogP) is 6.03. The number of hydrogen-bond acceptors (Lipinski definition) is 2. The average Bonchev–Trinajstić information content (AvgIpc) is 3.30. The normalized spacial score (nSPS) is 17.2. The van der Waals surface area contributed by atoms with E-state index in [0.717, 1.165) is 59.3 Å². The number of amides is 1. The summed E-state index contributed by atoms with van der Waals surface area (Å²) in [6, 6.07) is 16.0. The van der Waals surface area contributed by atoms with Gasteiger partial charge in [-0.1, -0.05) is 41.9 Å². The lowest BCUT2D eigenvalue weighted by molar-refractivity contribution is -0.138. The van der Waals surface area contributed by atoms with E-state index in [2.05, 4.69) is 11.1 Å². The number of rotatable bonds is 9. The number of nitrogens with one attached hydrogen (secondary N) is 1. The lowest BCUT2D eigenvalue weighted by Crippen LogP contribution is -2.42. The van der Waals surface area contributed by atoms with Gasteiger partial charge in [0.1, 0.15) is 0 Å². The van der Waals surface area contributed by atoms with Crippen LogP contribution >= 0.6 is 11.6 Å². The first-order chi connectivity index (χ1) is 16.0. The van der Waals surface area contributed by atoms with Crippen LogP contribution in [0.1, 0.15) is 55.6 Å². The van der Waals surface area contributed by atoms with Gasteiger partial charge in [0.05, 0.1) is 5.92 Å². The van der Waals surface area contributed by atoms with Crippen molar-refractivity contribution >= 4 is 34.4 Å². The van der Waals surface area contributed by atoms with E-state index >= 15 is 0 Å². The molecule has 6 heteroatoms. The first kappa shape index (κ1) is 23.4. The zero-order chi connectivity index (χ0) is 23.2. The Hall–Kier alpha value is -2.79. The lowest BCUT2D eigenvalue weighted by atomic mass is 9.87. The van der Waals surface area contributed by atoms with E-state index in [9.17, 15) is 9.59 Å². The smallest absolute Gasteiger partial charge is 0.303 e. The van der Waals surface area contributed by atoms with Gasteiger partial charge in [0.25, 0.3) is 0 Å². The number of aryl methyl sites for hydroxylation is 1. The van der Waals surface area contributed by atoms with Crippen molar-refractivity contribution in [1.82, 2.24) is 9.88 Å². The summed E-state index contributed by atoms with van der Waals surface area (Å²) < 4.78 is 0. The number of carbonyl (C=O) groups is 2. The fourth-order valence-electron chi connectivity index (χ4n) is 5.09. The van der Waals surface area contributed by atoms with Crippen LogP contribution < -0.4 is 0 Å². The molecule has 0 spiro atoms. The fraction of sp³-hybridized carbons (Fsp3) is 0.407. The molecule has 4 rings (SSSR count). The quantitative estimate of drug-likeness (QED) is 0.404. The third-order valence-corrected chi connectivity index (χ3v) is 7.16. The molecular formula is C27H31ClN2O3. The molecule has 5 nitrogen and oxygen atoms in total. The maximum absolute atomic E-state index is 13.9. The minimum absolute atomic E-state index is 0.165. The van der Waals surface area contributed by atoms with E-state index < -0.39 is 5.97 Å². The Morgan fingerprint density at radius 1 is 1.15 bits per heavy atom. The summed E-state index contributed by atoms with van der Waals surface area (Å²) in [5.74, 6) is -0.468.